The number of para-hydroxylation sites is 1. The molecule has 2 rings (SSSR count). The Balaban J connectivity index is 2.41. The molecule has 0 amide bonds. The molecule has 1 aliphatic heterocycles. The van der Waals surface area contributed by atoms with Crippen LogP contribution >= 0.6 is 11.6 Å². The molecule has 0 spiro atoms. The number of halogens is 1. The maximum atomic E-state index is 9.97. The number of nitrogens with two attached hydrogens (primary N) is 1. The molecule has 1 atom stereocenters. The van der Waals surface area contributed by atoms with Gasteiger partial charge >= 0.3 is 0 Å². The number of phenols is 1. The van der Waals surface area contributed by atoms with Crippen LogP contribution in [0.2, 0.25) is 5.02 Å². The summed E-state index contributed by atoms with van der Waals surface area (Å²) in [5.41, 5.74) is 7.13. The van der Waals surface area contributed by atoms with Crippen molar-refractivity contribution in [2.45, 2.75) is 6.92 Å². The van der Waals surface area contributed by atoms with Gasteiger partial charge in [0, 0.05) is 18.5 Å². The van der Waals surface area contributed by atoms with E-state index in [4.69, 9.17) is 17.3 Å². The van der Waals surface area contributed by atoms with Crippen LogP contribution in [0.4, 0.5) is 0 Å². The van der Waals surface area contributed by atoms with Gasteiger partial charge in [-0.2, -0.15) is 5.10 Å². The quantitative estimate of drug-likeness (QED) is 0.599. The molecule has 1 aliphatic rings. The number of hydrogen-bond acceptors (Lipinski definition) is 3. The third-order valence-corrected chi connectivity index (χ3v) is 3.20. The molecule has 1 heterocycles. The van der Waals surface area contributed by atoms with E-state index >= 15 is 0 Å². The molecule has 18 heavy (non-hydrogen) atoms. The Hall–Kier alpha value is -1.75. The highest BCUT2D eigenvalue weighted by atomic mass is 35.5. The van der Waals surface area contributed by atoms with Crippen molar-refractivity contribution >= 4 is 23.3 Å². The first-order valence-corrected chi connectivity index (χ1v) is 5.98. The first-order chi connectivity index (χ1) is 8.54. The summed E-state index contributed by atoms with van der Waals surface area (Å²) in [6.45, 7) is 2.66. The fraction of sp³-hybridized carbons (Fsp3) is 0.333. The Labute approximate surface area is 111 Å². The number of hydrazone groups is 1. The lowest BCUT2D eigenvalue weighted by molar-refractivity contribution is 0.450. The predicted octanol–water partition coefficient (Wildman–Crippen LogP) is 1.65. The normalized spacial score (nSPS) is 20.2. The van der Waals surface area contributed by atoms with Crippen molar-refractivity contribution in [3.63, 3.8) is 0 Å². The Morgan fingerprint density at radius 3 is 3.00 bits per heavy atom. The van der Waals surface area contributed by atoms with E-state index in [-0.39, 0.29) is 11.7 Å². The Kier molecular flexibility index (Phi) is 3.43. The van der Waals surface area contributed by atoms with Gasteiger partial charge in [-0.15, -0.1) is 0 Å². The van der Waals surface area contributed by atoms with Crippen molar-refractivity contribution in [2.24, 2.45) is 21.7 Å². The smallest absolute Gasteiger partial charge is 0.211 e. The zero-order chi connectivity index (χ0) is 13.3. The summed E-state index contributed by atoms with van der Waals surface area (Å²) in [5.74, 6) is 0.562. The zero-order valence-corrected chi connectivity index (χ0v) is 11.0. The van der Waals surface area contributed by atoms with Gasteiger partial charge in [0.25, 0.3) is 0 Å². The number of guanidine groups is 1. The van der Waals surface area contributed by atoms with Gasteiger partial charge in [0.2, 0.25) is 5.96 Å². The highest BCUT2D eigenvalue weighted by molar-refractivity contribution is 6.32. The molecule has 5 nitrogen and oxygen atoms in total. The van der Waals surface area contributed by atoms with Crippen molar-refractivity contribution in [2.75, 3.05) is 13.6 Å². The second-order valence-corrected chi connectivity index (χ2v) is 4.59. The van der Waals surface area contributed by atoms with Crippen molar-refractivity contribution in [1.29, 1.82) is 0 Å². The van der Waals surface area contributed by atoms with Crippen LogP contribution in [0.15, 0.2) is 28.3 Å². The van der Waals surface area contributed by atoms with Crippen LogP contribution in [-0.2, 0) is 0 Å². The van der Waals surface area contributed by atoms with Crippen LogP contribution in [0, 0.1) is 5.92 Å². The van der Waals surface area contributed by atoms with Gasteiger partial charge in [0.15, 0.2) is 0 Å². The van der Waals surface area contributed by atoms with Crippen molar-refractivity contribution in [3.8, 4) is 5.75 Å². The molecule has 6 heteroatoms. The Morgan fingerprint density at radius 1 is 1.61 bits per heavy atom. The number of phenolic OH excluding ortho intramolecular Hbond substituents is 1. The molecule has 0 aromatic heterocycles. The number of aromatic hydroxyl groups is 1. The third kappa shape index (κ3) is 2.13. The molecule has 0 bridgehead atoms. The highest BCUT2D eigenvalue weighted by Crippen LogP contribution is 2.31. The minimum absolute atomic E-state index is 0.0543. The number of nitrogens with zero attached hydrogens (tertiary/aromatic N) is 3. The van der Waals surface area contributed by atoms with E-state index in [0.29, 0.717) is 23.1 Å². The fourth-order valence-electron chi connectivity index (χ4n) is 1.92. The Morgan fingerprint density at radius 2 is 2.33 bits per heavy atom. The average Bonchev–Trinajstić information content (AvgIpc) is 2.74. The summed E-state index contributed by atoms with van der Waals surface area (Å²) < 4.78 is 0. The highest BCUT2D eigenvalue weighted by Gasteiger charge is 2.27. The first-order valence-electron chi connectivity index (χ1n) is 5.60. The van der Waals surface area contributed by atoms with E-state index in [1.54, 1.807) is 30.3 Å². The second-order valence-electron chi connectivity index (χ2n) is 4.19. The van der Waals surface area contributed by atoms with E-state index in [1.165, 1.54) is 0 Å². The van der Waals surface area contributed by atoms with E-state index in [9.17, 15) is 5.11 Å². The molecular weight excluding hydrogens is 252 g/mol. The molecule has 0 saturated carbocycles. The molecule has 0 radical (unpaired) electrons. The first kappa shape index (κ1) is 12.7. The minimum Gasteiger partial charge on any atom is -0.506 e. The Bertz CT molecular complexity index is 527. The molecule has 96 valence electrons. The van der Waals surface area contributed by atoms with Crippen molar-refractivity contribution in [3.05, 3.63) is 28.8 Å². The van der Waals surface area contributed by atoms with Gasteiger partial charge in [-0.25, -0.2) is 5.01 Å². The van der Waals surface area contributed by atoms with Crippen LogP contribution in [0.5, 0.6) is 5.75 Å². The summed E-state index contributed by atoms with van der Waals surface area (Å²) in [6.07, 6.45) is 0. The number of aliphatic imine (C=N–C) groups is 1. The molecule has 0 fully saturated rings. The van der Waals surface area contributed by atoms with Crippen LogP contribution in [-0.4, -0.2) is 35.4 Å². The van der Waals surface area contributed by atoms with Crippen molar-refractivity contribution < 1.29 is 5.11 Å². The molecule has 0 aliphatic carbocycles. The van der Waals surface area contributed by atoms with Crippen LogP contribution < -0.4 is 5.73 Å². The van der Waals surface area contributed by atoms with E-state index in [2.05, 4.69) is 10.1 Å². The molecule has 1 aromatic carbocycles. The predicted molar refractivity (Wildman–Crippen MR) is 73.1 cm³/mol. The minimum atomic E-state index is 0.0543. The number of benzene rings is 1. The maximum Gasteiger partial charge on any atom is 0.211 e. The molecule has 0 unspecified atom stereocenters. The summed E-state index contributed by atoms with van der Waals surface area (Å²) in [5, 5.41) is 16.3. The SMILES string of the molecule is CN=C(N)N1C[C@@H](C)C(c2cccc(Cl)c2O)=N1. The lowest BCUT2D eigenvalue weighted by Crippen LogP contribution is -2.32. The molecular formula is C12H15ClN4O. The van der Waals surface area contributed by atoms with Crippen molar-refractivity contribution in [1.82, 2.24) is 5.01 Å². The van der Waals surface area contributed by atoms with Crippen LogP contribution in [0.25, 0.3) is 0 Å². The monoisotopic (exact) mass is 266 g/mol. The van der Waals surface area contributed by atoms with E-state index in [1.807, 2.05) is 6.92 Å². The molecule has 3 N–H and O–H groups in total. The topological polar surface area (TPSA) is 74.2 Å². The molecule has 1 aromatic rings. The molecule has 0 saturated heterocycles. The zero-order valence-electron chi connectivity index (χ0n) is 10.3. The standard InChI is InChI=1S/C12H15ClN4O/c1-7-6-17(12(14)15-2)16-10(7)8-4-3-5-9(13)11(8)18/h3-5,7,18H,6H2,1-2H3,(H2,14,15)/t7-/m1/s1. The van der Waals surface area contributed by atoms with E-state index < -0.39 is 0 Å². The summed E-state index contributed by atoms with van der Waals surface area (Å²) in [6, 6.07) is 5.21. The average molecular weight is 267 g/mol. The summed E-state index contributed by atoms with van der Waals surface area (Å²) >= 11 is 5.90. The van der Waals surface area contributed by atoms with Gasteiger partial charge in [-0.1, -0.05) is 24.6 Å². The lowest BCUT2D eigenvalue weighted by Gasteiger charge is -2.11. The number of hydrogen-bond donors (Lipinski definition) is 2. The van der Waals surface area contributed by atoms with Crippen LogP contribution in [0.1, 0.15) is 12.5 Å². The summed E-state index contributed by atoms with van der Waals surface area (Å²) in [4.78, 5) is 3.90. The summed E-state index contributed by atoms with van der Waals surface area (Å²) in [7, 11) is 1.62. The van der Waals surface area contributed by atoms with Gasteiger partial charge in [-0.3, -0.25) is 4.99 Å². The van der Waals surface area contributed by atoms with E-state index in [0.717, 1.165) is 5.71 Å². The number of rotatable bonds is 1. The third-order valence-electron chi connectivity index (χ3n) is 2.90. The lowest BCUT2D eigenvalue weighted by atomic mass is 9.99. The van der Waals surface area contributed by atoms with Gasteiger partial charge < -0.3 is 10.8 Å². The largest absolute Gasteiger partial charge is 0.506 e. The van der Waals surface area contributed by atoms with Gasteiger partial charge in [-0.05, 0) is 12.1 Å². The van der Waals surface area contributed by atoms with Gasteiger partial charge in [0.1, 0.15) is 5.75 Å². The second kappa shape index (κ2) is 4.86. The fourth-order valence-corrected chi connectivity index (χ4v) is 2.09. The van der Waals surface area contributed by atoms with Gasteiger partial charge in [0.05, 0.1) is 17.3 Å². The maximum absolute atomic E-state index is 9.97. The van der Waals surface area contributed by atoms with Crippen LogP contribution in [0.3, 0.4) is 0 Å².